The smallest absolute Gasteiger partial charge is 0.242 e. The Bertz CT molecular complexity index is 851. The highest BCUT2D eigenvalue weighted by molar-refractivity contribution is 7.89. The summed E-state index contributed by atoms with van der Waals surface area (Å²) in [6.45, 7) is 0.0508. The first-order valence-electron chi connectivity index (χ1n) is 9.80. The molecule has 0 radical (unpaired) electrons. The Kier molecular flexibility index (Phi) is 7.17. The predicted molar refractivity (Wildman–Crippen MR) is 108 cm³/mol. The second-order valence-electron chi connectivity index (χ2n) is 7.19. The minimum Gasteiger partial charge on any atom is -0.349 e. The molecule has 2 aromatic rings. The molecule has 1 saturated carbocycles. The molecule has 1 aliphatic carbocycles. The largest absolute Gasteiger partial charge is 0.349 e. The topological polar surface area (TPSA) is 88.2 Å². The molecule has 0 unspecified atom stereocenters. The fraction of sp³-hybridized carbons (Fsp3) is 0.429. The molecule has 7 heteroatoms. The van der Waals surface area contributed by atoms with Crippen LogP contribution in [0.1, 0.15) is 50.1 Å². The van der Waals surface area contributed by atoms with E-state index in [2.05, 4.69) is 15.0 Å². The van der Waals surface area contributed by atoms with Crippen molar-refractivity contribution in [1.29, 1.82) is 0 Å². The van der Waals surface area contributed by atoms with E-state index in [9.17, 15) is 13.2 Å². The van der Waals surface area contributed by atoms with Crippen LogP contribution < -0.4 is 10.0 Å². The maximum atomic E-state index is 12.5. The molecular weight excluding hydrogens is 374 g/mol. The summed E-state index contributed by atoms with van der Waals surface area (Å²) in [6, 6.07) is 13.0. The molecule has 1 fully saturated rings. The fourth-order valence-electron chi connectivity index (χ4n) is 3.74. The molecule has 1 aromatic heterocycles. The first-order valence-corrected chi connectivity index (χ1v) is 11.3. The van der Waals surface area contributed by atoms with Gasteiger partial charge in [0.05, 0.1) is 6.04 Å². The zero-order valence-electron chi connectivity index (χ0n) is 15.9. The normalized spacial score (nSPS) is 16.4. The van der Waals surface area contributed by atoms with Gasteiger partial charge in [-0.25, -0.2) is 13.1 Å². The van der Waals surface area contributed by atoms with Crippen molar-refractivity contribution in [3.05, 3.63) is 60.4 Å². The van der Waals surface area contributed by atoms with Crippen molar-refractivity contribution in [3.63, 3.8) is 0 Å². The van der Waals surface area contributed by atoms with Crippen molar-refractivity contribution in [3.8, 4) is 0 Å². The molecule has 0 spiro atoms. The van der Waals surface area contributed by atoms with Crippen molar-refractivity contribution < 1.29 is 13.2 Å². The van der Waals surface area contributed by atoms with Gasteiger partial charge in [0.2, 0.25) is 15.9 Å². The SMILES string of the molecule is O=C(CCNS(=O)(=O)c1cccnc1)N[C@@H](c1ccccc1)C1CCCCC1. The number of carbonyl (C=O) groups is 1. The van der Waals surface area contributed by atoms with Crippen LogP contribution in [0.2, 0.25) is 0 Å². The Morgan fingerprint density at radius 1 is 1.07 bits per heavy atom. The van der Waals surface area contributed by atoms with E-state index in [1.165, 1.54) is 37.7 Å². The van der Waals surface area contributed by atoms with Gasteiger partial charge in [0.15, 0.2) is 0 Å². The van der Waals surface area contributed by atoms with E-state index in [0.717, 1.165) is 18.4 Å². The number of carbonyl (C=O) groups excluding carboxylic acids is 1. The summed E-state index contributed by atoms with van der Waals surface area (Å²) in [5.74, 6) is 0.278. The molecule has 1 amide bonds. The van der Waals surface area contributed by atoms with Crippen molar-refractivity contribution in [2.75, 3.05) is 6.54 Å². The highest BCUT2D eigenvalue weighted by atomic mass is 32.2. The summed E-state index contributed by atoms with van der Waals surface area (Å²) in [7, 11) is -3.65. The van der Waals surface area contributed by atoms with Gasteiger partial charge in [-0.05, 0) is 36.5 Å². The van der Waals surface area contributed by atoms with Gasteiger partial charge < -0.3 is 5.32 Å². The average molecular weight is 402 g/mol. The van der Waals surface area contributed by atoms with E-state index in [1.54, 1.807) is 6.07 Å². The molecule has 1 aromatic carbocycles. The number of aromatic nitrogens is 1. The summed E-state index contributed by atoms with van der Waals surface area (Å²) in [5, 5.41) is 3.14. The Balaban J connectivity index is 1.58. The van der Waals surface area contributed by atoms with Crippen LogP contribution in [0, 0.1) is 5.92 Å². The van der Waals surface area contributed by atoms with Crippen molar-refractivity contribution in [2.45, 2.75) is 49.5 Å². The van der Waals surface area contributed by atoms with Crippen molar-refractivity contribution >= 4 is 15.9 Å². The van der Waals surface area contributed by atoms with Crippen LogP contribution in [-0.4, -0.2) is 25.9 Å². The Labute approximate surface area is 166 Å². The van der Waals surface area contributed by atoms with Crippen LogP contribution >= 0.6 is 0 Å². The Hall–Kier alpha value is -2.25. The third-order valence-electron chi connectivity index (χ3n) is 5.19. The summed E-state index contributed by atoms with van der Waals surface area (Å²) in [4.78, 5) is 16.5. The highest BCUT2D eigenvalue weighted by Gasteiger charge is 2.26. The zero-order valence-corrected chi connectivity index (χ0v) is 16.7. The second kappa shape index (κ2) is 9.80. The molecule has 1 heterocycles. The van der Waals surface area contributed by atoms with Gasteiger partial charge >= 0.3 is 0 Å². The zero-order chi connectivity index (χ0) is 19.8. The predicted octanol–water partition coefficient (Wildman–Crippen LogP) is 3.19. The quantitative estimate of drug-likeness (QED) is 0.711. The lowest BCUT2D eigenvalue weighted by atomic mass is 9.81. The molecule has 2 N–H and O–H groups in total. The van der Waals surface area contributed by atoms with E-state index < -0.39 is 10.0 Å². The molecule has 0 bridgehead atoms. The molecular formula is C21H27N3O3S. The van der Waals surface area contributed by atoms with Crippen molar-refractivity contribution in [2.24, 2.45) is 5.92 Å². The molecule has 3 rings (SSSR count). The van der Waals surface area contributed by atoms with Gasteiger partial charge in [-0.3, -0.25) is 9.78 Å². The first kappa shape index (κ1) is 20.5. The van der Waals surface area contributed by atoms with E-state index in [1.807, 2.05) is 30.3 Å². The van der Waals surface area contributed by atoms with E-state index >= 15 is 0 Å². The van der Waals surface area contributed by atoms with E-state index in [-0.39, 0.29) is 29.8 Å². The minimum atomic E-state index is -3.65. The number of rotatable bonds is 8. The summed E-state index contributed by atoms with van der Waals surface area (Å²) in [5.41, 5.74) is 1.11. The molecule has 150 valence electrons. The molecule has 6 nitrogen and oxygen atoms in total. The Morgan fingerprint density at radius 2 is 1.82 bits per heavy atom. The summed E-state index contributed by atoms with van der Waals surface area (Å²) < 4.78 is 26.9. The summed E-state index contributed by atoms with van der Waals surface area (Å²) >= 11 is 0. The average Bonchev–Trinajstić information content (AvgIpc) is 2.74. The third kappa shape index (κ3) is 5.62. The van der Waals surface area contributed by atoms with E-state index in [0.29, 0.717) is 5.92 Å². The van der Waals surface area contributed by atoms with Crippen LogP contribution in [0.3, 0.4) is 0 Å². The van der Waals surface area contributed by atoms with Crippen LogP contribution in [0.25, 0.3) is 0 Å². The minimum absolute atomic E-state index is 0.0241. The van der Waals surface area contributed by atoms with E-state index in [4.69, 9.17) is 0 Å². The number of benzene rings is 1. The Morgan fingerprint density at radius 3 is 2.50 bits per heavy atom. The standard InChI is InChI=1S/C21H27N3O3S/c25-20(13-15-23-28(26,27)19-12-7-14-22-16-19)24-21(17-8-3-1-4-9-17)18-10-5-2-6-11-18/h1,3-4,7-9,12,14,16,18,21,23H,2,5-6,10-11,13,15H2,(H,24,25)/t21-/m0/s1. The number of sulfonamides is 1. The van der Waals surface area contributed by atoms with Gasteiger partial charge in [0.25, 0.3) is 0 Å². The number of hydrogen-bond acceptors (Lipinski definition) is 4. The molecule has 1 aliphatic rings. The highest BCUT2D eigenvalue weighted by Crippen LogP contribution is 2.34. The monoisotopic (exact) mass is 401 g/mol. The maximum absolute atomic E-state index is 12.5. The van der Waals surface area contributed by atoms with Gasteiger partial charge in [0, 0.05) is 25.4 Å². The van der Waals surface area contributed by atoms with Crippen LogP contribution in [0.15, 0.2) is 59.8 Å². The maximum Gasteiger partial charge on any atom is 0.242 e. The fourth-order valence-corrected chi connectivity index (χ4v) is 4.73. The van der Waals surface area contributed by atoms with Crippen LogP contribution in [0.5, 0.6) is 0 Å². The summed E-state index contributed by atoms with van der Waals surface area (Å²) in [6.07, 6.45) is 8.74. The third-order valence-corrected chi connectivity index (χ3v) is 6.63. The van der Waals surface area contributed by atoms with Crippen LogP contribution in [-0.2, 0) is 14.8 Å². The molecule has 1 atom stereocenters. The lowest BCUT2D eigenvalue weighted by Gasteiger charge is -2.31. The second-order valence-corrected chi connectivity index (χ2v) is 8.96. The number of amides is 1. The lowest BCUT2D eigenvalue weighted by molar-refractivity contribution is -0.122. The van der Waals surface area contributed by atoms with Gasteiger partial charge in [-0.1, -0.05) is 49.6 Å². The van der Waals surface area contributed by atoms with Gasteiger partial charge in [0.1, 0.15) is 4.90 Å². The first-order chi connectivity index (χ1) is 13.6. The molecule has 28 heavy (non-hydrogen) atoms. The van der Waals surface area contributed by atoms with Gasteiger partial charge in [-0.15, -0.1) is 0 Å². The van der Waals surface area contributed by atoms with Gasteiger partial charge in [-0.2, -0.15) is 0 Å². The van der Waals surface area contributed by atoms with Crippen LogP contribution in [0.4, 0.5) is 0 Å². The number of hydrogen-bond donors (Lipinski definition) is 2. The van der Waals surface area contributed by atoms with Crippen molar-refractivity contribution in [1.82, 2.24) is 15.0 Å². The lowest BCUT2D eigenvalue weighted by Crippen LogP contribution is -2.36. The number of pyridine rings is 1. The number of nitrogens with zero attached hydrogens (tertiary/aromatic N) is 1. The number of nitrogens with one attached hydrogen (secondary N) is 2. The molecule has 0 saturated heterocycles. The molecule has 0 aliphatic heterocycles.